The zero-order valence-electron chi connectivity index (χ0n) is 26.2. The third kappa shape index (κ3) is 5.77. The van der Waals surface area contributed by atoms with Crippen molar-refractivity contribution in [3.63, 3.8) is 0 Å². The van der Waals surface area contributed by atoms with Crippen LogP contribution in [0.25, 0.3) is 22.0 Å². The van der Waals surface area contributed by atoms with Gasteiger partial charge in [0.1, 0.15) is 17.5 Å². The molecule has 0 spiro atoms. The minimum Gasteiger partial charge on any atom is -0.352 e. The largest absolute Gasteiger partial charge is 0.352 e. The third-order valence-electron chi connectivity index (χ3n) is 9.44. The fourth-order valence-corrected chi connectivity index (χ4v) is 8.80. The molecular formula is C33H39ClF2N6O2S. The summed E-state index contributed by atoms with van der Waals surface area (Å²) in [5.41, 5.74) is 1.94. The van der Waals surface area contributed by atoms with Crippen LogP contribution in [-0.4, -0.2) is 100 Å². The van der Waals surface area contributed by atoms with Crippen LogP contribution in [0.3, 0.4) is 0 Å². The molecule has 240 valence electrons. The molecule has 0 aliphatic carbocycles. The molecule has 0 saturated carbocycles. The number of halogens is 3. The SMILES string of the molecule is C=CC(=O)N1[C@H](C)CN(c2nc(=O)n3c4c(c(-c5cc(Cl)c(F)cc5F)c(C)cc24)SC[C@@H]3CN2CCN(CC)CC2)C[C@@H]1C. The van der Waals surface area contributed by atoms with Crippen molar-refractivity contribution in [1.29, 1.82) is 0 Å². The maximum absolute atomic E-state index is 15.4. The molecule has 0 N–H and O–H groups in total. The van der Waals surface area contributed by atoms with Gasteiger partial charge in [-0.05, 0) is 51.1 Å². The standard InChI is InChI=1S/C33H39ClF2N6O2S/c1-6-28(43)41-20(4)15-40(16-21(41)5)32-24-12-19(3)29(23-13-25(34)27(36)14-26(23)35)31-30(24)42(33(44)37-32)22(18-45-31)17-39-10-8-38(7-2)9-11-39/h6,12-14,20-22H,1,7-11,15-18H2,2-5H3/t20-,21+,22-/m0/s1. The van der Waals surface area contributed by atoms with Gasteiger partial charge in [0.2, 0.25) is 5.91 Å². The van der Waals surface area contributed by atoms with Crippen LogP contribution in [0, 0.1) is 18.6 Å². The smallest absolute Gasteiger partial charge is 0.350 e. The number of aromatic nitrogens is 2. The Balaban J connectivity index is 1.51. The van der Waals surface area contributed by atoms with Crippen molar-refractivity contribution >= 4 is 46.0 Å². The first-order valence-corrected chi connectivity index (χ1v) is 16.9. The van der Waals surface area contributed by atoms with Crippen LogP contribution in [0.5, 0.6) is 0 Å². The van der Waals surface area contributed by atoms with Crippen LogP contribution in [0.4, 0.5) is 14.6 Å². The van der Waals surface area contributed by atoms with Gasteiger partial charge in [-0.2, -0.15) is 4.98 Å². The second-order valence-electron chi connectivity index (χ2n) is 12.4. The lowest BCUT2D eigenvalue weighted by Gasteiger charge is -2.45. The van der Waals surface area contributed by atoms with Gasteiger partial charge in [0.15, 0.2) is 0 Å². The number of aryl methyl sites for hydroxylation is 1. The number of nitrogens with zero attached hydrogens (tertiary/aromatic N) is 6. The molecule has 2 aromatic carbocycles. The lowest BCUT2D eigenvalue weighted by atomic mass is 9.96. The number of likely N-dealkylation sites (N-methyl/N-ethyl adjacent to an activating group) is 1. The molecule has 2 fully saturated rings. The van der Waals surface area contributed by atoms with E-state index in [9.17, 15) is 14.0 Å². The Morgan fingerprint density at radius 3 is 2.40 bits per heavy atom. The molecule has 3 aliphatic heterocycles. The average Bonchev–Trinajstić information content (AvgIpc) is 3.01. The van der Waals surface area contributed by atoms with E-state index in [1.807, 2.05) is 31.7 Å². The second-order valence-corrected chi connectivity index (χ2v) is 13.8. The summed E-state index contributed by atoms with van der Waals surface area (Å²) < 4.78 is 31.4. The lowest BCUT2D eigenvalue weighted by Crippen LogP contribution is -2.58. The Hall–Kier alpha value is -2.99. The monoisotopic (exact) mass is 656 g/mol. The average molecular weight is 657 g/mol. The van der Waals surface area contributed by atoms with Gasteiger partial charge in [-0.15, -0.1) is 11.8 Å². The number of anilines is 1. The minimum absolute atomic E-state index is 0.126. The normalized spacial score (nSPS) is 22.7. The van der Waals surface area contributed by atoms with Crippen molar-refractivity contribution < 1.29 is 13.6 Å². The number of carbonyl (C=O) groups excluding carboxylic acids is 1. The van der Waals surface area contributed by atoms with Gasteiger partial charge in [-0.1, -0.05) is 25.1 Å². The zero-order chi connectivity index (χ0) is 32.2. The summed E-state index contributed by atoms with van der Waals surface area (Å²) in [4.78, 5) is 40.9. The highest BCUT2D eigenvalue weighted by atomic mass is 35.5. The van der Waals surface area contributed by atoms with Crippen molar-refractivity contribution in [1.82, 2.24) is 24.3 Å². The van der Waals surface area contributed by atoms with Crippen LogP contribution >= 0.6 is 23.4 Å². The molecule has 12 heteroatoms. The Bertz CT molecular complexity index is 1710. The summed E-state index contributed by atoms with van der Waals surface area (Å²) in [6.45, 7) is 18.2. The molecule has 0 bridgehead atoms. The van der Waals surface area contributed by atoms with Gasteiger partial charge in [0.05, 0.1) is 16.6 Å². The molecule has 8 nitrogen and oxygen atoms in total. The molecular weight excluding hydrogens is 618 g/mol. The number of amides is 1. The zero-order valence-corrected chi connectivity index (χ0v) is 27.7. The first-order valence-electron chi connectivity index (χ1n) is 15.5. The highest BCUT2D eigenvalue weighted by molar-refractivity contribution is 7.99. The van der Waals surface area contributed by atoms with Crippen LogP contribution < -0.4 is 10.6 Å². The van der Waals surface area contributed by atoms with Gasteiger partial charge in [0.25, 0.3) is 0 Å². The first kappa shape index (κ1) is 32.0. The Labute approximate surface area is 271 Å². The predicted octanol–water partition coefficient (Wildman–Crippen LogP) is 5.20. The number of rotatable bonds is 6. The summed E-state index contributed by atoms with van der Waals surface area (Å²) in [6.07, 6.45) is 1.33. The molecule has 3 aliphatic rings. The maximum Gasteiger partial charge on any atom is 0.350 e. The van der Waals surface area contributed by atoms with Crippen molar-refractivity contribution in [3.8, 4) is 11.1 Å². The first-order chi connectivity index (χ1) is 21.5. The number of thioether (sulfide) groups is 1. The lowest BCUT2D eigenvalue weighted by molar-refractivity contribution is -0.130. The summed E-state index contributed by atoms with van der Waals surface area (Å²) >= 11 is 7.76. The number of carbonyl (C=O) groups is 1. The molecule has 1 amide bonds. The molecule has 0 unspecified atom stereocenters. The fourth-order valence-electron chi connectivity index (χ4n) is 7.27. The van der Waals surface area contributed by atoms with Crippen molar-refractivity contribution in [2.45, 2.75) is 50.7 Å². The van der Waals surface area contributed by atoms with E-state index >= 15 is 4.39 Å². The number of hydrogen-bond donors (Lipinski definition) is 0. The van der Waals surface area contributed by atoms with Gasteiger partial charge in [0, 0.05) is 91.1 Å². The summed E-state index contributed by atoms with van der Waals surface area (Å²) in [6, 6.07) is 3.71. The van der Waals surface area contributed by atoms with Crippen molar-refractivity contribution in [3.05, 3.63) is 63.6 Å². The molecule has 2 saturated heterocycles. The Morgan fingerprint density at radius 2 is 1.76 bits per heavy atom. The predicted molar refractivity (Wildman–Crippen MR) is 178 cm³/mol. The van der Waals surface area contributed by atoms with Crippen molar-refractivity contribution in [2.75, 3.05) is 63.0 Å². The number of benzene rings is 2. The van der Waals surface area contributed by atoms with Crippen LogP contribution in [0.15, 0.2) is 40.5 Å². The minimum atomic E-state index is -0.818. The van der Waals surface area contributed by atoms with Crippen LogP contribution in [0.1, 0.15) is 32.4 Å². The van der Waals surface area contributed by atoms with Gasteiger partial charge < -0.3 is 14.7 Å². The van der Waals surface area contributed by atoms with Gasteiger partial charge >= 0.3 is 5.69 Å². The highest BCUT2D eigenvalue weighted by Crippen LogP contribution is 2.47. The molecule has 3 atom stereocenters. The molecule has 3 aromatic rings. The Morgan fingerprint density at radius 1 is 1.09 bits per heavy atom. The van der Waals surface area contributed by atoms with E-state index < -0.39 is 11.6 Å². The molecule has 45 heavy (non-hydrogen) atoms. The maximum atomic E-state index is 15.4. The van der Waals surface area contributed by atoms with Crippen LogP contribution in [0.2, 0.25) is 5.02 Å². The Kier molecular flexibility index (Phi) is 8.99. The van der Waals surface area contributed by atoms with E-state index in [1.54, 1.807) is 16.3 Å². The van der Waals surface area contributed by atoms with Crippen LogP contribution in [-0.2, 0) is 4.79 Å². The summed E-state index contributed by atoms with van der Waals surface area (Å²) in [5.74, 6) is -0.482. The van der Waals surface area contributed by atoms with E-state index in [1.165, 1.54) is 12.1 Å². The fraction of sp³-hybridized carbons (Fsp3) is 0.485. The number of piperazine rings is 2. The topological polar surface area (TPSA) is 64.9 Å². The summed E-state index contributed by atoms with van der Waals surface area (Å²) in [7, 11) is 0. The quantitative estimate of drug-likeness (QED) is 0.267. The molecule has 6 rings (SSSR count). The summed E-state index contributed by atoms with van der Waals surface area (Å²) in [5, 5.41) is 0.640. The molecule has 4 heterocycles. The number of hydrogen-bond acceptors (Lipinski definition) is 7. The van der Waals surface area contributed by atoms with E-state index in [0.717, 1.165) is 54.6 Å². The molecule has 1 aromatic heterocycles. The van der Waals surface area contributed by atoms with E-state index in [2.05, 4.69) is 28.2 Å². The van der Waals surface area contributed by atoms with E-state index in [4.69, 9.17) is 16.6 Å². The van der Waals surface area contributed by atoms with E-state index in [-0.39, 0.29) is 40.3 Å². The van der Waals surface area contributed by atoms with E-state index in [0.29, 0.717) is 42.3 Å². The third-order valence-corrected chi connectivity index (χ3v) is 11.0. The van der Waals surface area contributed by atoms with Crippen molar-refractivity contribution in [2.24, 2.45) is 0 Å². The molecule has 0 radical (unpaired) electrons. The second kappa shape index (κ2) is 12.7. The van der Waals surface area contributed by atoms with Gasteiger partial charge in [-0.3, -0.25) is 14.3 Å². The van der Waals surface area contributed by atoms with Gasteiger partial charge in [-0.25, -0.2) is 13.6 Å². The highest BCUT2D eigenvalue weighted by Gasteiger charge is 2.36.